The molecule has 1 N–H and O–H groups in total. The van der Waals surface area contributed by atoms with E-state index in [0.29, 0.717) is 0 Å². The molecule has 1 fully saturated rings. The monoisotopic (exact) mass is 402 g/mol. The SMILES string of the molecule is Cc1sc2nc(C(C)N3CCN(c4cccc(Cl)c4)CC3)[nH]c(=O)c2c1C. The first-order chi connectivity index (χ1) is 12.9. The zero-order valence-corrected chi connectivity index (χ0v) is 17.3. The Morgan fingerprint density at radius 2 is 1.96 bits per heavy atom. The van der Waals surface area contributed by atoms with E-state index in [0.717, 1.165) is 63.4 Å². The fraction of sp³-hybridized carbons (Fsp3) is 0.400. The van der Waals surface area contributed by atoms with Crippen LogP contribution in [-0.4, -0.2) is 41.0 Å². The van der Waals surface area contributed by atoms with Crippen LogP contribution >= 0.6 is 22.9 Å². The van der Waals surface area contributed by atoms with Gasteiger partial charge in [0.15, 0.2) is 0 Å². The number of nitrogens with zero attached hydrogens (tertiary/aromatic N) is 3. The summed E-state index contributed by atoms with van der Waals surface area (Å²) in [5.41, 5.74) is 2.17. The van der Waals surface area contributed by atoms with Crippen LogP contribution in [0.15, 0.2) is 29.1 Å². The van der Waals surface area contributed by atoms with Crippen molar-refractivity contribution < 1.29 is 0 Å². The minimum absolute atomic E-state index is 0.0266. The lowest BCUT2D eigenvalue weighted by atomic mass is 10.2. The summed E-state index contributed by atoms with van der Waals surface area (Å²) in [4.78, 5) is 27.1. The van der Waals surface area contributed by atoms with Gasteiger partial charge in [-0.1, -0.05) is 17.7 Å². The van der Waals surface area contributed by atoms with Crippen molar-refractivity contribution in [2.45, 2.75) is 26.8 Å². The number of hydrogen-bond donors (Lipinski definition) is 1. The predicted molar refractivity (Wildman–Crippen MR) is 113 cm³/mol. The molecule has 27 heavy (non-hydrogen) atoms. The second-order valence-electron chi connectivity index (χ2n) is 7.09. The van der Waals surface area contributed by atoms with Crippen molar-refractivity contribution in [1.82, 2.24) is 14.9 Å². The van der Waals surface area contributed by atoms with Crippen LogP contribution in [0.25, 0.3) is 10.2 Å². The van der Waals surface area contributed by atoms with Gasteiger partial charge in [-0.15, -0.1) is 11.3 Å². The molecule has 0 amide bonds. The highest BCUT2D eigenvalue weighted by molar-refractivity contribution is 7.18. The molecule has 1 aromatic carbocycles. The van der Waals surface area contributed by atoms with E-state index in [1.165, 1.54) is 0 Å². The molecule has 0 radical (unpaired) electrons. The third kappa shape index (κ3) is 3.49. The van der Waals surface area contributed by atoms with E-state index in [1.54, 1.807) is 11.3 Å². The average Bonchev–Trinajstić information content (AvgIpc) is 2.95. The predicted octanol–water partition coefficient (Wildman–Crippen LogP) is 4.14. The van der Waals surface area contributed by atoms with Crippen LogP contribution in [0, 0.1) is 13.8 Å². The summed E-state index contributed by atoms with van der Waals surface area (Å²) in [6, 6.07) is 8.07. The Balaban J connectivity index is 1.52. The molecule has 1 atom stereocenters. The van der Waals surface area contributed by atoms with Gasteiger partial charge < -0.3 is 9.88 Å². The fourth-order valence-electron chi connectivity index (χ4n) is 3.68. The van der Waals surface area contributed by atoms with Gasteiger partial charge in [0, 0.05) is 41.8 Å². The van der Waals surface area contributed by atoms with E-state index in [2.05, 4.69) is 27.8 Å². The summed E-state index contributed by atoms with van der Waals surface area (Å²) >= 11 is 7.72. The van der Waals surface area contributed by atoms with Crippen molar-refractivity contribution in [1.29, 1.82) is 0 Å². The summed E-state index contributed by atoms with van der Waals surface area (Å²) in [6.45, 7) is 9.83. The Bertz CT molecular complexity index is 1040. The van der Waals surface area contributed by atoms with Gasteiger partial charge in [0.1, 0.15) is 10.7 Å². The van der Waals surface area contributed by atoms with Gasteiger partial charge in [-0.05, 0) is 44.5 Å². The fourth-order valence-corrected chi connectivity index (χ4v) is 4.90. The number of piperazine rings is 1. The summed E-state index contributed by atoms with van der Waals surface area (Å²) in [5, 5.41) is 1.50. The maximum Gasteiger partial charge on any atom is 0.259 e. The molecule has 0 saturated carbocycles. The van der Waals surface area contributed by atoms with Crippen molar-refractivity contribution in [2.24, 2.45) is 0 Å². The maximum atomic E-state index is 12.6. The number of anilines is 1. The number of nitrogens with one attached hydrogen (secondary N) is 1. The highest BCUT2D eigenvalue weighted by Gasteiger charge is 2.24. The number of aromatic amines is 1. The van der Waals surface area contributed by atoms with E-state index >= 15 is 0 Å². The molecule has 3 aromatic rings. The standard InChI is InChI=1S/C20H23ClN4OS/c1-12-14(3)27-20-17(12)19(26)22-18(23-20)13(2)24-7-9-25(10-8-24)16-6-4-5-15(21)11-16/h4-6,11,13H,7-10H2,1-3H3,(H,22,23,26). The zero-order valence-electron chi connectivity index (χ0n) is 15.8. The molecule has 5 nitrogen and oxygen atoms in total. The number of fused-ring (bicyclic) bond motifs is 1. The van der Waals surface area contributed by atoms with Crippen molar-refractivity contribution in [2.75, 3.05) is 31.1 Å². The smallest absolute Gasteiger partial charge is 0.259 e. The van der Waals surface area contributed by atoms with Gasteiger partial charge in [-0.25, -0.2) is 4.98 Å². The molecule has 7 heteroatoms. The molecule has 2 aromatic heterocycles. The third-order valence-electron chi connectivity index (χ3n) is 5.49. The first-order valence-electron chi connectivity index (χ1n) is 9.18. The van der Waals surface area contributed by atoms with Crippen LogP contribution in [0.2, 0.25) is 5.02 Å². The van der Waals surface area contributed by atoms with Crippen molar-refractivity contribution in [3.63, 3.8) is 0 Å². The minimum Gasteiger partial charge on any atom is -0.369 e. The van der Waals surface area contributed by atoms with E-state index in [-0.39, 0.29) is 11.6 Å². The van der Waals surface area contributed by atoms with Gasteiger partial charge in [0.2, 0.25) is 0 Å². The number of benzene rings is 1. The summed E-state index contributed by atoms with van der Waals surface area (Å²) in [7, 11) is 0. The molecule has 0 aliphatic carbocycles. The van der Waals surface area contributed by atoms with Gasteiger partial charge in [0.25, 0.3) is 5.56 Å². The van der Waals surface area contributed by atoms with Crippen LogP contribution in [0.1, 0.15) is 29.2 Å². The summed E-state index contributed by atoms with van der Waals surface area (Å²) in [5.74, 6) is 0.755. The Morgan fingerprint density at radius 3 is 2.67 bits per heavy atom. The first-order valence-corrected chi connectivity index (χ1v) is 10.4. The molecule has 1 unspecified atom stereocenters. The molecule has 142 valence electrons. The minimum atomic E-state index is -0.0266. The Kier molecular flexibility index (Phi) is 4.97. The molecule has 4 rings (SSSR count). The Labute approximate surface area is 167 Å². The maximum absolute atomic E-state index is 12.6. The Hall–Kier alpha value is -1.89. The molecule has 1 aliphatic rings. The van der Waals surface area contributed by atoms with E-state index in [9.17, 15) is 4.79 Å². The molecule has 1 aliphatic heterocycles. The largest absolute Gasteiger partial charge is 0.369 e. The molecular formula is C20H23ClN4OS. The van der Waals surface area contributed by atoms with Gasteiger partial charge in [-0.2, -0.15) is 0 Å². The van der Waals surface area contributed by atoms with Crippen LogP contribution in [0.3, 0.4) is 0 Å². The highest BCUT2D eigenvalue weighted by Crippen LogP contribution is 2.28. The van der Waals surface area contributed by atoms with E-state index in [4.69, 9.17) is 16.6 Å². The molecule has 1 saturated heterocycles. The lowest BCUT2D eigenvalue weighted by molar-refractivity contribution is 0.192. The molecule has 0 bridgehead atoms. The number of hydrogen-bond acceptors (Lipinski definition) is 5. The van der Waals surface area contributed by atoms with Gasteiger partial charge >= 0.3 is 0 Å². The molecule has 3 heterocycles. The number of H-pyrrole nitrogens is 1. The number of rotatable bonds is 3. The molecule has 0 spiro atoms. The summed E-state index contributed by atoms with van der Waals surface area (Å²) < 4.78 is 0. The average molecular weight is 403 g/mol. The number of aryl methyl sites for hydroxylation is 2. The zero-order chi connectivity index (χ0) is 19.1. The normalized spacial score (nSPS) is 16.8. The van der Waals surface area contributed by atoms with Crippen LogP contribution in [0.5, 0.6) is 0 Å². The quantitative estimate of drug-likeness (QED) is 0.715. The summed E-state index contributed by atoms with van der Waals surface area (Å²) in [6.07, 6.45) is 0. The highest BCUT2D eigenvalue weighted by atomic mass is 35.5. The van der Waals surface area contributed by atoms with E-state index < -0.39 is 0 Å². The van der Waals surface area contributed by atoms with Crippen LogP contribution in [-0.2, 0) is 0 Å². The van der Waals surface area contributed by atoms with Crippen LogP contribution < -0.4 is 10.5 Å². The lowest BCUT2D eigenvalue weighted by Gasteiger charge is -2.38. The van der Waals surface area contributed by atoms with E-state index in [1.807, 2.05) is 32.0 Å². The van der Waals surface area contributed by atoms with Crippen LogP contribution in [0.4, 0.5) is 5.69 Å². The van der Waals surface area contributed by atoms with Crippen molar-refractivity contribution in [3.8, 4) is 0 Å². The number of aromatic nitrogens is 2. The third-order valence-corrected chi connectivity index (χ3v) is 6.82. The Morgan fingerprint density at radius 1 is 1.22 bits per heavy atom. The number of thiophene rings is 1. The second kappa shape index (κ2) is 7.26. The van der Waals surface area contributed by atoms with Gasteiger partial charge in [-0.3, -0.25) is 9.69 Å². The first kappa shape index (κ1) is 18.5. The lowest BCUT2D eigenvalue weighted by Crippen LogP contribution is -2.47. The molecular weight excluding hydrogens is 380 g/mol. The topological polar surface area (TPSA) is 52.2 Å². The number of halogens is 1. The second-order valence-corrected chi connectivity index (χ2v) is 8.73. The van der Waals surface area contributed by atoms with Gasteiger partial charge in [0.05, 0.1) is 11.4 Å². The van der Waals surface area contributed by atoms with Crippen molar-refractivity contribution >= 4 is 38.8 Å². The van der Waals surface area contributed by atoms with Crippen molar-refractivity contribution in [3.05, 3.63) is 55.9 Å².